The number of carboxylic acid groups (broad SMARTS) is 1. The molecular formula is C12H8BrClN2O2. The molecule has 2 rings (SSSR count). The fraction of sp³-hybridized carbons (Fsp3) is 0. The highest BCUT2D eigenvalue weighted by Crippen LogP contribution is 2.28. The van der Waals surface area contributed by atoms with E-state index in [0.717, 1.165) is 4.47 Å². The number of pyridine rings is 1. The monoisotopic (exact) mass is 326 g/mol. The van der Waals surface area contributed by atoms with Crippen LogP contribution in [0.15, 0.2) is 41.0 Å². The second kappa shape index (κ2) is 5.37. The van der Waals surface area contributed by atoms with Crippen molar-refractivity contribution in [2.75, 3.05) is 5.32 Å². The van der Waals surface area contributed by atoms with Crippen molar-refractivity contribution in [1.82, 2.24) is 4.98 Å². The van der Waals surface area contributed by atoms with Crippen LogP contribution in [0.4, 0.5) is 11.5 Å². The van der Waals surface area contributed by atoms with Crippen molar-refractivity contribution in [3.05, 3.63) is 51.6 Å². The largest absolute Gasteiger partial charge is 0.478 e. The van der Waals surface area contributed by atoms with Gasteiger partial charge in [0.1, 0.15) is 11.4 Å². The number of halogens is 2. The van der Waals surface area contributed by atoms with Crippen LogP contribution in [0.2, 0.25) is 5.02 Å². The van der Waals surface area contributed by atoms with E-state index < -0.39 is 5.97 Å². The summed E-state index contributed by atoms with van der Waals surface area (Å²) in [6.07, 6.45) is 1.53. The molecular weight excluding hydrogens is 320 g/mol. The lowest BCUT2D eigenvalue weighted by molar-refractivity contribution is 0.0697. The third-order valence-corrected chi connectivity index (χ3v) is 3.11. The van der Waals surface area contributed by atoms with Crippen LogP contribution < -0.4 is 5.32 Å². The highest BCUT2D eigenvalue weighted by atomic mass is 79.9. The summed E-state index contributed by atoms with van der Waals surface area (Å²) in [5.41, 5.74) is 0.806. The number of aromatic carboxylic acids is 1. The molecule has 0 saturated heterocycles. The number of benzene rings is 1. The highest BCUT2D eigenvalue weighted by Gasteiger charge is 2.11. The Morgan fingerprint density at radius 2 is 2.17 bits per heavy atom. The van der Waals surface area contributed by atoms with Crippen LogP contribution in [0, 0.1) is 0 Å². The molecule has 4 nitrogen and oxygen atoms in total. The van der Waals surface area contributed by atoms with Gasteiger partial charge in [0, 0.05) is 15.7 Å². The zero-order valence-corrected chi connectivity index (χ0v) is 11.4. The Bertz CT molecular complexity index is 604. The van der Waals surface area contributed by atoms with Gasteiger partial charge in [-0.3, -0.25) is 0 Å². The maximum absolute atomic E-state index is 11.0. The summed E-state index contributed by atoms with van der Waals surface area (Å²) in [7, 11) is 0. The van der Waals surface area contributed by atoms with E-state index in [4.69, 9.17) is 16.7 Å². The molecule has 1 aromatic carbocycles. The molecule has 0 aliphatic heterocycles. The Labute approximate surface area is 117 Å². The van der Waals surface area contributed by atoms with Crippen molar-refractivity contribution in [3.63, 3.8) is 0 Å². The van der Waals surface area contributed by atoms with Gasteiger partial charge in [0.25, 0.3) is 0 Å². The molecule has 92 valence electrons. The minimum Gasteiger partial charge on any atom is -0.478 e. The fourth-order valence-electron chi connectivity index (χ4n) is 1.40. The van der Waals surface area contributed by atoms with E-state index >= 15 is 0 Å². The van der Waals surface area contributed by atoms with Gasteiger partial charge < -0.3 is 10.4 Å². The van der Waals surface area contributed by atoms with Crippen molar-refractivity contribution in [1.29, 1.82) is 0 Å². The molecule has 2 aromatic rings. The molecule has 6 heteroatoms. The molecule has 0 aliphatic carbocycles. The summed E-state index contributed by atoms with van der Waals surface area (Å²) >= 11 is 9.18. The van der Waals surface area contributed by atoms with Crippen LogP contribution in [-0.2, 0) is 0 Å². The number of anilines is 2. The zero-order valence-electron chi connectivity index (χ0n) is 9.02. The lowest BCUT2D eigenvalue weighted by atomic mass is 10.2. The van der Waals surface area contributed by atoms with E-state index in [-0.39, 0.29) is 11.4 Å². The van der Waals surface area contributed by atoms with Gasteiger partial charge in [0.05, 0.1) is 5.69 Å². The average Bonchev–Trinajstić information content (AvgIpc) is 2.33. The lowest BCUT2D eigenvalue weighted by Crippen LogP contribution is -2.04. The number of rotatable bonds is 3. The molecule has 18 heavy (non-hydrogen) atoms. The van der Waals surface area contributed by atoms with Crippen LogP contribution >= 0.6 is 27.5 Å². The third kappa shape index (κ3) is 2.80. The van der Waals surface area contributed by atoms with Crippen molar-refractivity contribution < 1.29 is 9.90 Å². The molecule has 0 radical (unpaired) electrons. The van der Waals surface area contributed by atoms with Gasteiger partial charge in [0.15, 0.2) is 0 Å². The quantitative estimate of drug-likeness (QED) is 0.896. The molecule has 0 spiro atoms. The Kier molecular flexibility index (Phi) is 3.84. The standard InChI is InChI=1S/C12H8BrClN2O2/c13-9-6-7(14)3-4-10(9)16-11-8(12(17)18)2-1-5-15-11/h1-6H,(H,15,16)(H,17,18). The van der Waals surface area contributed by atoms with Gasteiger partial charge >= 0.3 is 5.97 Å². The van der Waals surface area contributed by atoms with E-state index in [2.05, 4.69) is 26.2 Å². The number of hydrogen-bond acceptors (Lipinski definition) is 3. The molecule has 0 fully saturated rings. The third-order valence-electron chi connectivity index (χ3n) is 2.22. The van der Waals surface area contributed by atoms with Crippen LogP contribution in [0.25, 0.3) is 0 Å². The van der Waals surface area contributed by atoms with Crippen molar-refractivity contribution in [3.8, 4) is 0 Å². The number of nitrogens with zero attached hydrogens (tertiary/aromatic N) is 1. The number of aromatic nitrogens is 1. The summed E-state index contributed by atoms with van der Waals surface area (Å²) < 4.78 is 0.733. The average molecular weight is 328 g/mol. The summed E-state index contributed by atoms with van der Waals surface area (Å²) in [5, 5.41) is 12.6. The minimum absolute atomic E-state index is 0.111. The molecule has 0 amide bonds. The Hall–Kier alpha value is -1.59. The summed E-state index contributed by atoms with van der Waals surface area (Å²) in [4.78, 5) is 15.1. The van der Waals surface area contributed by atoms with Gasteiger partial charge in [0.2, 0.25) is 0 Å². The van der Waals surface area contributed by atoms with Gasteiger partial charge in [-0.15, -0.1) is 0 Å². The zero-order chi connectivity index (χ0) is 13.1. The Balaban J connectivity index is 2.37. The molecule has 0 saturated carbocycles. The predicted molar refractivity (Wildman–Crippen MR) is 73.6 cm³/mol. The highest BCUT2D eigenvalue weighted by molar-refractivity contribution is 9.10. The van der Waals surface area contributed by atoms with Crippen LogP contribution in [0.5, 0.6) is 0 Å². The summed E-state index contributed by atoms with van der Waals surface area (Å²) in [6, 6.07) is 8.23. The fourth-order valence-corrected chi connectivity index (χ4v) is 2.18. The first-order valence-corrected chi connectivity index (χ1v) is 6.15. The predicted octanol–water partition coefficient (Wildman–Crippen LogP) is 3.94. The van der Waals surface area contributed by atoms with Gasteiger partial charge in [-0.1, -0.05) is 11.6 Å². The molecule has 1 heterocycles. The first-order valence-electron chi connectivity index (χ1n) is 4.98. The molecule has 0 atom stereocenters. The molecule has 0 aliphatic rings. The first-order chi connectivity index (χ1) is 8.58. The van der Waals surface area contributed by atoms with Gasteiger partial charge in [-0.2, -0.15) is 0 Å². The molecule has 2 N–H and O–H groups in total. The van der Waals surface area contributed by atoms with E-state index in [1.54, 1.807) is 24.3 Å². The number of carbonyl (C=O) groups is 1. The minimum atomic E-state index is -1.03. The van der Waals surface area contributed by atoms with Crippen LogP contribution in [0.1, 0.15) is 10.4 Å². The number of carboxylic acids is 1. The molecule has 1 aromatic heterocycles. The van der Waals surface area contributed by atoms with Crippen molar-refractivity contribution in [2.24, 2.45) is 0 Å². The SMILES string of the molecule is O=C(O)c1cccnc1Nc1ccc(Cl)cc1Br. The Morgan fingerprint density at radius 3 is 2.83 bits per heavy atom. The summed E-state index contributed by atoms with van der Waals surface area (Å²) in [5.74, 6) is -0.747. The van der Waals surface area contributed by atoms with Crippen LogP contribution in [-0.4, -0.2) is 16.1 Å². The second-order valence-corrected chi connectivity index (χ2v) is 4.74. The van der Waals surface area contributed by atoms with E-state index in [0.29, 0.717) is 10.7 Å². The molecule has 0 unspecified atom stereocenters. The van der Waals surface area contributed by atoms with Gasteiger partial charge in [-0.25, -0.2) is 9.78 Å². The van der Waals surface area contributed by atoms with Gasteiger partial charge in [-0.05, 0) is 46.3 Å². The van der Waals surface area contributed by atoms with Crippen LogP contribution in [0.3, 0.4) is 0 Å². The number of nitrogens with one attached hydrogen (secondary N) is 1. The van der Waals surface area contributed by atoms with E-state index in [9.17, 15) is 4.79 Å². The lowest BCUT2D eigenvalue weighted by Gasteiger charge is -2.10. The van der Waals surface area contributed by atoms with Crippen molar-refractivity contribution in [2.45, 2.75) is 0 Å². The smallest absolute Gasteiger partial charge is 0.339 e. The topological polar surface area (TPSA) is 62.2 Å². The Morgan fingerprint density at radius 1 is 1.39 bits per heavy atom. The van der Waals surface area contributed by atoms with Crippen molar-refractivity contribution >= 4 is 45.0 Å². The van der Waals surface area contributed by atoms with E-state index in [1.807, 2.05) is 0 Å². The second-order valence-electron chi connectivity index (χ2n) is 3.45. The number of hydrogen-bond donors (Lipinski definition) is 2. The van der Waals surface area contributed by atoms with E-state index in [1.165, 1.54) is 12.3 Å². The summed E-state index contributed by atoms with van der Waals surface area (Å²) in [6.45, 7) is 0. The molecule has 0 bridgehead atoms. The first kappa shape index (κ1) is 12.9. The maximum atomic E-state index is 11.0. The maximum Gasteiger partial charge on any atom is 0.339 e. The normalized spacial score (nSPS) is 10.1.